The lowest BCUT2D eigenvalue weighted by molar-refractivity contribution is -0.116. The van der Waals surface area contributed by atoms with Crippen LogP contribution in [-0.4, -0.2) is 35.0 Å². The first-order valence-corrected chi connectivity index (χ1v) is 14.7. The van der Waals surface area contributed by atoms with Crippen molar-refractivity contribution in [2.75, 3.05) is 20.6 Å². The van der Waals surface area contributed by atoms with Crippen LogP contribution >= 0.6 is 23.2 Å². The number of carbonyl (C=O) groups is 1. The van der Waals surface area contributed by atoms with Crippen molar-refractivity contribution >= 4 is 66.2 Å². The Kier molecular flexibility index (Phi) is 8.24. The second-order valence-corrected chi connectivity index (χ2v) is 12.6. The summed E-state index contributed by atoms with van der Waals surface area (Å²) < 4.78 is 54.0. The minimum atomic E-state index is -3.98. The zero-order valence-corrected chi connectivity index (χ0v) is 23.1. The Morgan fingerprint density at radius 2 is 1.50 bits per heavy atom. The lowest BCUT2D eigenvalue weighted by Gasteiger charge is -2.28. The molecule has 1 atom stereocenters. The van der Waals surface area contributed by atoms with Gasteiger partial charge in [0, 0.05) is 5.69 Å². The zero-order chi connectivity index (χ0) is 26.8. The third kappa shape index (κ3) is 6.50. The van der Waals surface area contributed by atoms with Crippen LogP contribution in [0.2, 0.25) is 10.0 Å². The third-order valence-electron chi connectivity index (χ3n) is 5.18. The molecular formula is C24H25Cl2N3O5S2. The predicted molar refractivity (Wildman–Crippen MR) is 145 cm³/mol. The van der Waals surface area contributed by atoms with Gasteiger partial charge in [-0.2, -0.15) is 0 Å². The van der Waals surface area contributed by atoms with Gasteiger partial charge in [-0.15, -0.1) is 0 Å². The minimum absolute atomic E-state index is 0.0693. The van der Waals surface area contributed by atoms with Crippen LogP contribution in [0.15, 0.2) is 65.6 Å². The largest absolute Gasteiger partial charge is 0.324 e. The van der Waals surface area contributed by atoms with Crippen molar-refractivity contribution in [1.82, 2.24) is 0 Å². The van der Waals surface area contributed by atoms with Crippen LogP contribution in [0.4, 0.5) is 17.1 Å². The maximum Gasteiger partial charge on any atom is 0.261 e. The highest BCUT2D eigenvalue weighted by Gasteiger charge is 2.29. The highest BCUT2D eigenvalue weighted by molar-refractivity contribution is 7.92. The highest BCUT2D eigenvalue weighted by atomic mass is 35.5. The monoisotopic (exact) mass is 569 g/mol. The summed E-state index contributed by atoms with van der Waals surface area (Å²) in [6, 6.07) is 14.2. The van der Waals surface area contributed by atoms with E-state index in [4.69, 9.17) is 23.2 Å². The van der Waals surface area contributed by atoms with Gasteiger partial charge in [0.25, 0.3) is 10.0 Å². The molecule has 192 valence electrons. The van der Waals surface area contributed by atoms with Crippen LogP contribution in [-0.2, 0) is 24.8 Å². The normalized spacial score (nSPS) is 12.6. The number of nitrogens with one attached hydrogen (secondary N) is 2. The number of hydrogen-bond acceptors (Lipinski definition) is 5. The van der Waals surface area contributed by atoms with E-state index in [2.05, 4.69) is 10.0 Å². The summed E-state index contributed by atoms with van der Waals surface area (Å²) in [7, 11) is -7.77. The van der Waals surface area contributed by atoms with Gasteiger partial charge in [-0.05, 0) is 80.4 Å². The van der Waals surface area contributed by atoms with Crippen molar-refractivity contribution in [3.8, 4) is 0 Å². The molecule has 8 nitrogen and oxygen atoms in total. The fraction of sp³-hybridized carbons (Fsp3) is 0.208. The molecule has 1 amide bonds. The van der Waals surface area contributed by atoms with Gasteiger partial charge in [-0.3, -0.25) is 13.8 Å². The molecule has 0 fully saturated rings. The van der Waals surface area contributed by atoms with Gasteiger partial charge in [0.1, 0.15) is 6.04 Å². The van der Waals surface area contributed by atoms with Crippen LogP contribution in [0.1, 0.15) is 18.1 Å². The Morgan fingerprint density at radius 1 is 0.917 bits per heavy atom. The molecule has 0 aliphatic heterocycles. The lowest BCUT2D eigenvalue weighted by Crippen LogP contribution is -2.45. The van der Waals surface area contributed by atoms with Crippen LogP contribution < -0.4 is 14.3 Å². The zero-order valence-electron chi connectivity index (χ0n) is 19.9. The summed E-state index contributed by atoms with van der Waals surface area (Å²) in [4.78, 5) is 12.9. The quantitative estimate of drug-likeness (QED) is 0.387. The minimum Gasteiger partial charge on any atom is -0.324 e. The van der Waals surface area contributed by atoms with Crippen LogP contribution in [0.25, 0.3) is 0 Å². The SMILES string of the molecule is Cc1cc(C)cc(N([C@H](C)C(=O)Nc2ccc(S(=O)(=O)Nc3cccc(Cl)c3Cl)cc2)S(C)(=O)=O)c1. The molecule has 2 N–H and O–H groups in total. The third-order valence-corrected chi connectivity index (χ3v) is 8.62. The number of sulfonamides is 2. The smallest absolute Gasteiger partial charge is 0.261 e. The molecule has 0 spiro atoms. The first kappa shape index (κ1) is 27.8. The molecule has 0 bridgehead atoms. The number of amides is 1. The second-order valence-electron chi connectivity index (χ2n) is 8.30. The van der Waals surface area contributed by atoms with Gasteiger partial charge in [0.15, 0.2) is 0 Å². The summed E-state index contributed by atoms with van der Waals surface area (Å²) in [5, 5.41) is 2.91. The van der Waals surface area contributed by atoms with Crippen molar-refractivity contribution in [1.29, 1.82) is 0 Å². The maximum atomic E-state index is 13.0. The fourth-order valence-electron chi connectivity index (χ4n) is 3.64. The second kappa shape index (κ2) is 10.7. The average Bonchev–Trinajstić information content (AvgIpc) is 2.75. The summed E-state index contributed by atoms with van der Waals surface area (Å²) in [6.45, 7) is 5.16. The fourth-order valence-corrected chi connectivity index (χ4v) is 6.27. The molecule has 36 heavy (non-hydrogen) atoms. The number of hydrogen-bond donors (Lipinski definition) is 2. The Balaban J connectivity index is 1.80. The first-order valence-electron chi connectivity index (χ1n) is 10.6. The van der Waals surface area contributed by atoms with Crippen molar-refractivity contribution in [2.45, 2.75) is 31.7 Å². The van der Waals surface area contributed by atoms with E-state index in [0.717, 1.165) is 21.7 Å². The summed E-state index contributed by atoms with van der Waals surface area (Å²) in [6.07, 6.45) is 1.03. The predicted octanol–water partition coefficient (Wildman–Crippen LogP) is 5.20. The molecule has 0 aliphatic carbocycles. The van der Waals surface area contributed by atoms with E-state index in [1.165, 1.54) is 43.3 Å². The Morgan fingerprint density at radius 3 is 2.06 bits per heavy atom. The highest BCUT2D eigenvalue weighted by Crippen LogP contribution is 2.31. The van der Waals surface area contributed by atoms with E-state index in [-0.39, 0.29) is 20.6 Å². The van der Waals surface area contributed by atoms with Gasteiger partial charge in [-0.1, -0.05) is 35.3 Å². The van der Waals surface area contributed by atoms with Crippen molar-refractivity contribution in [3.05, 3.63) is 81.8 Å². The Bertz CT molecular complexity index is 1490. The molecule has 3 aromatic carbocycles. The molecule has 0 saturated heterocycles. The summed E-state index contributed by atoms with van der Waals surface area (Å²) in [5.41, 5.74) is 2.51. The van der Waals surface area contributed by atoms with Crippen LogP contribution in [0, 0.1) is 13.8 Å². The number of anilines is 3. The molecular weight excluding hydrogens is 545 g/mol. The summed E-state index contributed by atoms with van der Waals surface area (Å²) >= 11 is 12.0. The number of rotatable bonds is 8. The topological polar surface area (TPSA) is 113 Å². The van der Waals surface area contributed by atoms with E-state index in [9.17, 15) is 21.6 Å². The number of nitrogens with zero attached hydrogens (tertiary/aromatic N) is 1. The van der Waals surface area contributed by atoms with E-state index in [0.29, 0.717) is 11.4 Å². The van der Waals surface area contributed by atoms with Crippen molar-refractivity contribution in [3.63, 3.8) is 0 Å². The van der Waals surface area contributed by atoms with Gasteiger partial charge >= 0.3 is 0 Å². The molecule has 12 heteroatoms. The van der Waals surface area contributed by atoms with Crippen molar-refractivity contribution < 1.29 is 21.6 Å². The molecule has 0 radical (unpaired) electrons. The van der Waals surface area contributed by atoms with E-state index in [1.54, 1.807) is 18.2 Å². The Labute approximate surface area is 221 Å². The van der Waals surface area contributed by atoms with Gasteiger partial charge in [0.05, 0.1) is 32.6 Å². The van der Waals surface area contributed by atoms with E-state index >= 15 is 0 Å². The van der Waals surface area contributed by atoms with Gasteiger partial charge < -0.3 is 5.32 Å². The van der Waals surface area contributed by atoms with E-state index in [1.807, 2.05) is 19.9 Å². The molecule has 0 heterocycles. The molecule has 3 aromatic rings. The molecule has 0 unspecified atom stereocenters. The molecule has 0 aliphatic rings. The van der Waals surface area contributed by atoms with Crippen molar-refractivity contribution in [2.24, 2.45) is 0 Å². The standard InChI is InChI=1S/C24H25Cl2N3O5S2/c1-15-12-16(2)14-19(13-15)29(35(4,31)32)17(3)24(30)27-18-8-10-20(11-9-18)36(33,34)28-22-7-5-6-21(25)23(22)26/h5-14,17,28H,1-4H3,(H,27,30)/t17-/m1/s1. The van der Waals surface area contributed by atoms with Gasteiger partial charge in [-0.25, -0.2) is 16.8 Å². The summed E-state index contributed by atoms with van der Waals surface area (Å²) in [5.74, 6) is -0.584. The van der Waals surface area contributed by atoms with Crippen LogP contribution in [0.5, 0.6) is 0 Å². The molecule has 0 aromatic heterocycles. The molecule has 0 saturated carbocycles. The Hall–Kier alpha value is -2.79. The first-order chi connectivity index (χ1) is 16.7. The number of benzene rings is 3. The lowest BCUT2D eigenvalue weighted by atomic mass is 10.1. The molecule has 3 rings (SSSR count). The number of aryl methyl sites for hydroxylation is 2. The maximum absolute atomic E-state index is 13.0. The van der Waals surface area contributed by atoms with E-state index < -0.39 is 32.0 Å². The average molecular weight is 571 g/mol. The van der Waals surface area contributed by atoms with Crippen LogP contribution in [0.3, 0.4) is 0 Å². The number of carbonyl (C=O) groups excluding carboxylic acids is 1. The number of halogens is 2. The van der Waals surface area contributed by atoms with Gasteiger partial charge in [0.2, 0.25) is 15.9 Å².